The van der Waals surface area contributed by atoms with E-state index in [-0.39, 0.29) is 27.1 Å². The number of hydrogen-bond acceptors (Lipinski definition) is 5. The van der Waals surface area contributed by atoms with Crippen molar-refractivity contribution in [2.75, 3.05) is 13.2 Å². The Morgan fingerprint density at radius 1 is 1.11 bits per heavy atom. The molecule has 2 heterocycles. The van der Waals surface area contributed by atoms with E-state index in [0.29, 0.717) is 18.8 Å². The first-order valence-electron chi connectivity index (χ1n) is 9.07. The molecule has 1 aromatic heterocycles. The number of aromatic nitrogens is 2. The summed E-state index contributed by atoms with van der Waals surface area (Å²) in [5, 5.41) is 3.89. The first kappa shape index (κ1) is 19.8. The van der Waals surface area contributed by atoms with Crippen LogP contribution in [0.25, 0.3) is 5.69 Å². The Hall–Kier alpha value is -1.45. The van der Waals surface area contributed by atoms with Crippen molar-refractivity contribution >= 4 is 33.2 Å². The number of nitrogens with zero attached hydrogens (tertiary/aromatic N) is 3. The molecule has 2 aliphatic rings. The van der Waals surface area contributed by atoms with Crippen LogP contribution in [0.3, 0.4) is 0 Å². The first-order chi connectivity index (χ1) is 13.4. The van der Waals surface area contributed by atoms with Gasteiger partial charge in [0.2, 0.25) is 10.0 Å². The molecule has 0 bridgehead atoms. The molecule has 2 fully saturated rings. The van der Waals surface area contributed by atoms with Crippen molar-refractivity contribution in [2.45, 2.75) is 42.7 Å². The Kier molecular flexibility index (Phi) is 5.50. The minimum atomic E-state index is -3.66. The lowest BCUT2D eigenvalue weighted by Crippen LogP contribution is -2.54. The van der Waals surface area contributed by atoms with Crippen LogP contribution in [-0.4, -0.2) is 47.8 Å². The van der Waals surface area contributed by atoms with E-state index in [1.807, 2.05) is 0 Å². The van der Waals surface area contributed by atoms with Crippen LogP contribution in [0.2, 0.25) is 10.0 Å². The van der Waals surface area contributed by atoms with Gasteiger partial charge in [-0.15, -0.1) is 0 Å². The van der Waals surface area contributed by atoms with Gasteiger partial charge in [-0.1, -0.05) is 36.0 Å². The van der Waals surface area contributed by atoms with E-state index >= 15 is 0 Å². The summed E-state index contributed by atoms with van der Waals surface area (Å²) in [4.78, 5) is 12.4. The van der Waals surface area contributed by atoms with Crippen LogP contribution in [-0.2, 0) is 14.8 Å². The predicted octanol–water partition coefficient (Wildman–Crippen LogP) is 2.87. The number of morpholine rings is 1. The van der Waals surface area contributed by atoms with Gasteiger partial charge >= 0.3 is 0 Å². The smallest absolute Gasteiger partial charge is 0.291 e. The normalized spacial score (nSPS) is 23.4. The lowest BCUT2D eigenvalue weighted by atomic mass is 9.91. The molecule has 0 N–H and O–H groups in total. The van der Waals surface area contributed by atoms with Crippen LogP contribution >= 0.6 is 23.2 Å². The van der Waals surface area contributed by atoms with Gasteiger partial charge in [-0.2, -0.15) is 14.1 Å². The Labute approximate surface area is 172 Å². The summed E-state index contributed by atoms with van der Waals surface area (Å²) in [6, 6.07) is 5.91. The van der Waals surface area contributed by atoms with Crippen LogP contribution < -0.4 is 5.56 Å². The van der Waals surface area contributed by atoms with Crippen LogP contribution in [0.1, 0.15) is 25.7 Å². The van der Waals surface area contributed by atoms with E-state index in [4.69, 9.17) is 27.9 Å². The lowest BCUT2D eigenvalue weighted by molar-refractivity contribution is -0.0586. The minimum absolute atomic E-state index is 0.0319. The number of benzene rings is 1. The monoisotopic (exact) mass is 443 g/mol. The summed E-state index contributed by atoms with van der Waals surface area (Å²) in [7, 11) is -3.66. The molecule has 1 saturated heterocycles. The maximum absolute atomic E-state index is 13.2. The standard InChI is InChI=1S/C18H19Cl2N3O4S/c19-14-11-21-23(18(24)17(14)20)12-5-7-13(8-6-12)28(25,26)22-9-10-27-16-4-2-1-3-15(16)22/h5-8,11,15-16H,1-4,9-10H2. The van der Waals surface area contributed by atoms with Crippen molar-refractivity contribution in [1.82, 2.24) is 14.1 Å². The highest BCUT2D eigenvalue weighted by atomic mass is 35.5. The van der Waals surface area contributed by atoms with Crippen LogP contribution in [0.15, 0.2) is 40.2 Å². The highest BCUT2D eigenvalue weighted by molar-refractivity contribution is 7.89. The van der Waals surface area contributed by atoms with Crippen molar-refractivity contribution in [3.05, 3.63) is 50.9 Å². The van der Waals surface area contributed by atoms with Gasteiger partial charge in [0, 0.05) is 6.54 Å². The van der Waals surface area contributed by atoms with Gasteiger partial charge in [-0.25, -0.2) is 8.42 Å². The Balaban J connectivity index is 1.65. The second-order valence-corrected chi connectivity index (χ2v) is 9.57. The maximum atomic E-state index is 13.2. The summed E-state index contributed by atoms with van der Waals surface area (Å²) in [5.41, 5.74) is -0.164. The number of fused-ring (bicyclic) bond motifs is 1. The number of rotatable bonds is 3. The van der Waals surface area contributed by atoms with Gasteiger partial charge in [0.1, 0.15) is 5.02 Å². The van der Waals surface area contributed by atoms with E-state index in [1.54, 1.807) is 4.31 Å². The molecule has 1 aliphatic carbocycles. The highest BCUT2D eigenvalue weighted by Gasteiger charge is 2.40. The fourth-order valence-electron chi connectivity index (χ4n) is 3.85. The van der Waals surface area contributed by atoms with Gasteiger partial charge in [0.15, 0.2) is 0 Å². The molecular formula is C18H19Cl2N3O4S. The quantitative estimate of drug-likeness (QED) is 0.728. The van der Waals surface area contributed by atoms with Crippen molar-refractivity contribution < 1.29 is 13.2 Å². The van der Waals surface area contributed by atoms with Crippen molar-refractivity contribution in [3.8, 4) is 5.69 Å². The lowest BCUT2D eigenvalue weighted by Gasteiger charge is -2.42. The van der Waals surface area contributed by atoms with E-state index < -0.39 is 15.6 Å². The van der Waals surface area contributed by atoms with E-state index in [0.717, 1.165) is 30.4 Å². The van der Waals surface area contributed by atoms with Crippen LogP contribution in [0.5, 0.6) is 0 Å². The maximum Gasteiger partial charge on any atom is 0.291 e. The zero-order valence-electron chi connectivity index (χ0n) is 14.9. The number of ether oxygens (including phenoxy) is 1. The topological polar surface area (TPSA) is 81.5 Å². The fraction of sp³-hybridized carbons (Fsp3) is 0.444. The van der Waals surface area contributed by atoms with Gasteiger partial charge in [-0.3, -0.25) is 4.79 Å². The minimum Gasteiger partial charge on any atom is -0.375 e. The average molecular weight is 444 g/mol. The zero-order chi connectivity index (χ0) is 19.9. The molecule has 1 aromatic carbocycles. The van der Waals surface area contributed by atoms with Crippen molar-refractivity contribution in [1.29, 1.82) is 0 Å². The first-order valence-corrected chi connectivity index (χ1v) is 11.3. The molecule has 28 heavy (non-hydrogen) atoms. The third-order valence-corrected chi connectivity index (χ3v) is 7.93. The van der Waals surface area contributed by atoms with Crippen molar-refractivity contribution in [2.24, 2.45) is 0 Å². The summed E-state index contributed by atoms with van der Waals surface area (Å²) in [6.07, 6.45) is 5.01. The van der Waals surface area contributed by atoms with Gasteiger partial charge in [0.05, 0.1) is 40.6 Å². The molecule has 1 aliphatic heterocycles. The Bertz CT molecular complexity index is 1040. The molecule has 0 radical (unpaired) electrons. The predicted molar refractivity (Wildman–Crippen MR) is 106 cm³/mol. The summed E-state index contributed by atoms with van der Waals surface area (Å²) >= 11 is 11.7. The third-order valence-electron chi connectivity index (χ3n) is 5.25. The molecule has 150 valence electrons. The van der Waals surface area contributed by atoms with Gasteiger partial charge in [-0.05, 0) is 37.1 Å². The molecule has 0 amide bonds. The third kappa shape index (κ3) is 3.48. The summed E-state index contributed by atoms with van der Waals surface area (Å²) in [6.45, 7) is 0.750. The van der Waals surface area contributed by atoms with E-state index in [1.165, 1.54) is 30.5 Å². The second-order valence-electron chi connectivity index (χ2n) is 6.89. The largest absolute Gasteiger partial charge is 0.375 e. The molecule has 2 unspecified atom stereocenters. The SMILES string of the molecule is O=c1c(Cl)c(Cl)cnn1-c1ccc(S(=O)(=O)N2CCOC3CCCCC32)cc1. The molecule has 2 atom stereocenters. The molecule has 2 aromatic rings. The second kappa shape index (κ2) is 7.76. The fourth-order valence-corrected chi connectivity index (χ4v) is 5.77. The van der Waals surface area contributed by atoms with Crippen LogP contribution in [0, 0.1) is 0 Å². The molecule has 0 spiro atoms. The molecule has 7 nitrogen and oxygen atoms in total. The van der Waals surface area contributed by atoms with E-state index in [2.05, 4.69) is 5.10 Å². The summed E-state index contributed by atoms with van der Waals surface area (Å²) in [5.74, 6) is 0. The Morgan fingerprint density at radius 3 is 2.57 bits per heavy atom. The van der Waals surface area contributed by atoms with E-state index in [9.17, 15) is 13.2 Å². The average Bonchev–Trinajstić information content (AvgIpc) is 2.72. The molecule has 10 heteroatoms. The van der Waals surface area contributed by atoms with Gasteiger partial charge in [0.25, 0.3) is 5.56 Å². The highest BCUT2D eigenvalue weighted by Crippen LogP contribution is 2.32. The molecule has 4 rings (SSSR count). The molecular weight excluding hydrogens is 425 g/mol. The van der Waals surface area contributed by atoms with Crippen LogP contribution in [0.4, 0.5) is 0 Å². The molecule has 1 saturated carbocycles. The number of sulfonamides is 1. The number of hydrogen-bond donors (Lipinski definition) is 0. The zero-order valence-corrected chi connectivity index (χ0v) is 17.3. The van der Waals surface area contributed by atoms with Gasteiger partial charge < -0.3 is 4.74 Å². The Morgan fingerprint density at radius 2 is 1.82 bits per heavy atom. The summed E-state index contributed by atoms with van der Waals surface area (Å²) < 4.78 is 34.8. The number of halogens is 2. The van der Waals surface area contributed by atoms with Crippen molar-refractivity contribution in [3.63, 3.8) is 0 Å².